The van der Waals surface area contributed by atoms with Crippen molar-refractivity contribution in [3.05, 3.63) is 54.0 Å². The van der Waals surface area contributed by atoms with Crippen LogP contribution in [0.25, 0.3) is 0 Å². The van der Waals surface area contributed by atoms with Crippen molar-refractivity contribution in [1.29, 1.82) is 0 Å². The van der Waals surface area contributed by atoms with E-state index < -0.39 is 0 Å². The van der Waals surface area contributed by atoms with E-state index in [1.165, 1.54) is 12.1 Å². The van der Waals surface area contributed by atoms with Gasteiger partial charge >= 0.3 is 0 Å². The predicted molar refractivity (Wildman–Crippen MR) is 106 cm³/mol. The van der Waals surface area contributed by atoms with E-state index in [1.807, 2.05) is 18.3 Å². The van der Waals surface area contributed by atoms with Gasteiger partial charge in [-0.25, -0.2) is 9.37 Å². The number of nitrogens with one attached hydrogen (secondary N) is 1. The third-order valence-corrected chi connectivity index (χ3v) is 5.00. The van der Waals surface area contributed by atoms with Crippen LogP contribution in [0.1, 0.15) is 32.3 Å². The molecule has 3 rings (SSSR count). The minimum atomic E-state index is -0.310. The number of halogens is 1. The maximum atomic E-state index is 13.3. The number of carbonyl (C=O) groups excluding carboxylic acids is 1. The summed E-state index contributed by atoms with van der Waals surface area (Å²) in [4.78, 5) is 21.5. The number of rotatable bonds is 7. The number of anilines is 2. The number of pyridine rings is 1. The molecule has 1 N–H and O–H groups in total. The molecule has 1 aromatic heterocycles. The van der Waals surface area contributed by atoms with E-state index in [1.54, 1.807) is 17.0 Å². The van der Waals surface area contributed by atoms with Crippen LogP contribution in [0.4, 0.5) is 15.9 Å². The van der Waals surface area contributed by atoms with Gasteiger partial charge in [0.05, 0.1) is 12.6 Å². The lowest BCUT2D eigenvalue weighted by Gasteiger charge is -2.26. The molecule has 0 bridgehead atoms. The van der Waals surface area contributed by atoms with Crippen molar-refractivity contribution < 1.29 is 9.18 Å². The summed E-state index contributed by atoms with van der Waals surface area (Å²) >= 11 is 0. The van der Waals surface area contributed by atoms with Crippen LogP contribution in [0.5, 0.6) is 0 Å². The van der Waals surface area contributed by atoms with E-state index in [-0.39, 0.29) is 17.8 Å². The Hall–Kier alpha value is -2.47. The lowest BCUT2D eigenvalue weighted by atomic mass is 10.1. The van der Waals surface area contributed by atoms with Gasteiger partial charge in [-0.1, -0.05) is 6.07 Å². The Kier molecular flexibility index (Phi) is 6.40. The zero-order chi connectivity index (χ0) is 19.2. The first-order valence-corrected chi connectivity index (χ1v) is 9.62. The van der Waals surface area contributed by atoms with Crippen LogP contribution in [-0.4, -0.2) is 36.6 Å². The molecule has 0 unspecified atom stereocenters. The lowest BCUT2D eigenvalue weighted by molar-refractivity contribution is -0.120. The Morgan fingerprint density at radius 1 is 1.19 bits per heavy atom. The fourth-order valence-electron chi connectivity index (χ4n) is 3.43. The van der Waals surface area contributed by atoms with Crippen LogP contribution in [0.3, 0.4) is 0 Å². The minimum Gasteiger partial charge on any atom is -0.357 e. The molecule has 1 saturated heterocycles. The van der Waals surface area contributed by atoms with Gasteiger partial charge in [-0.3, -0.25) is 4.79 Å². The first-order valence-electron chi connectivity index (χ1n) is 9.62. The molecule has 0 aliphatic carbocycles. The highest BCUT2D eigenvalue weighted by Crippen LogP contribution is 2.22. The normalized spacial score (nSPS) is 16.3. The molecule has 2 aromatic rings. The average Bonchev–Trinajstić information content (AvgIpc) is 3.23. The Balaban J connectivity index is 1.82. The van der Waals surface area contributed by atoms with Crippen LogP contribution in [0, 0.1) is 5.82 Å². The standard InChI is InChI=1S/C21H27FN4O/c1-3-25(4-2)20-12-7-16(14-24-20)15-26(18-10-8-17(22)9-11-18)21(27)19-6-5-13-23-19/h7-12,14,19,23H,3-6,13,15H2,1-2H3/t19-/m0/s1. The fourth-order valence-corrected chi connectivity index (χ4v) is 3.43. The van der Waals surface area contributed by atoms with E-state index in [2.05, 4.69) is 29.0 Å². The van der Waals surface area contributed by atoms with Crippen molar-refractivity contribution >= 4 is 17.4 Å². The van der Waals surface area contributed by atoms with Crippen molar-refractivity contribution in [2.24, 2.45) is 0 Å². The molecule has 0 radical (unpaired) electrons. The molecule has 2 heterocycles. The average molecular weight is 370 g/mol. The summed E-state index contributed by atoms with van der Waals surface area (Å²) in [6.45, 7) is 7.26. The second-order valence-electron chi connectivity index (χ2n) is 6.75. The predicted octanol–water partition coefficient (Wildman–Crippen LogP) is 3.35. The lowest BCUT2D eigenvalue weighted by Crippen LogP contribution is -2.43. The van der Waals surface area contributed by atoms with Crippen molar-refractivity contribution in [2.75, 3.05) is 29.4 Å². The molecule has 6 heteroatoms. The SMILES string of the molecule is CCN(CC)c1ccc(CN(C(=O)[C@@H]2CCCN2)c2ccc(F)cc2)cn1. The maximum Gasteiger partial charge on any atom is 0.244 e. The van der Waals surface area contributed by atoms with E-state index in [0.717, 1.165) is 43.9 Å². The van der Waals surface area contributed by atoms with Crippen molar-refractivity contribution in [1.82, 2.24) is 10.3 Å². The summed E-state index contributed by atoms with van der Waals surface area (Å²) in [6.07, 6.45) is 3.64. The summed E-state index contributed by atoms with van der Waals surface area (Å²) in [5.41, 5.74) is 1.64. The number of benzene rings is 1. The van der Waals surface area contributed by atoms with Gasteiger partial charge < -0.3 is 15.1 Å². The molecule has 1 atom stereocenters. The molecule has 1 amide bonds. The zero-order valence-corrected chi connectivity index (χ0v) is 16.0. The van der Waals surface area contributed by atoms with Gasteiger partial charge in [-0.2, -0.15) is 0 Å². The third-order valence-electron chi connectivity index (χ3n) is 5.00. The van der Waals surface area contributed by atoms with E-state index in [0.29, 0.717) is 12.2 Å². The van der Waals surface area contributed by atoms with Crippen molar-refractivity contribution in [2.45, 2.75) is 39.3 Å². The molecule has 0 saturated carbocycles. The van der Waals surface area contributed by atoms with Crippen LogP contribution >= 0.6 is 0 Å². The van der Waals surface area contributed by atoms with Crippen molar-refractivity contribution in [3.63, 3.8) is 0 Å². The van der Waals surface area contributed by atoms with Crippen LogP contribution in [0.15, 0.2) is 42.6 Å². The minimum absolute atomic E-state index is 0.0203. The zero-order valence-electron chi connectivity index (χ0n) is 16.0. The van der Waals surface area contributed by atoms with E-state index in [9.17, 15) is 9.18 Å². The van der Waals surface area contributed by atoms with Gasteiger partial charge in [0.2, 0.25) is 5.91 Å². The number of amides is 1. The highest BCUT2D eigenvalue weighted by molar-refractivity contribution is 5.97. The quantitative estimate of drug-likeness (QED) is 0.812. The van der Waals surface area contributed by atoms with E-state index >= 15 is 0 Å². The van der Waals surface area contributed by atoms with Crippen LogP contribution < -0.4 is 15.1 Å². The van der Waals surface area contributed by atoms with Gasteiger partial charge in [0, 0.05) is 25.0 Å². The molecular weight excluding hydrogens is 343 g/mol. The van der Waals surface area contributed by atoms with E-state index in [4.69, 9.17) is 0 Å². The molecule has 0 spiro atoms. The highest BCUT2D eigenvalue weighted by Gasteiger charge is 2.28. The first-order chi connectivity index (χ1) is 13.1. The molecular formula is C21H27FN4O. The molecule has 144 valence electrons. The number of carbonyl (C=O) groups is 1. The van der Waals surface area contributed by atoms with Crippen molar-refractivity contribution in [3.8, 4) is 0 Å². The number of aromatic nitrogens is 1. The third kappa shape index (κ3) is 4.63. The summed E-state index contributed by atoms with van der Waals surface area (Å²) < 4.78 is 13.3. The van der Waals surface area contributed by atoms with Crippen LogP contribution in [-0.2, 0) is 11.3 Å². The maximum absolute atomic E-state index is 13.3. The van der Waals surface area contributed by atoms with Gasteiger partial charge in [0.1, 0.15) is 11.6 Å². The molecule has 1 fully saturated rings. The second-order valence-corrected chi connectivity index (χ2v) is 6.75. The largest absolute Gasteiger partial charge is 0.357 e. The summed E-state index contributed by atoms with van der Waals surface area (Å²) in [6, 6.07) is 9.90. The summed E-state index contributed by atoms with van der Waals surface area (Å²) in [5.74, 6) is 0.642. The highest BCUT2D eigenvalue weighted by atomic mass is 19.1. The van der Waals surface area contributed by atoms with Gasteiger partial charge in [0.15, 0.2) is 0 Å². The Bertz CT molecular complexity index is 738. The summed E-state index contributed by atoms with van der Waals surface area (Å²) in [7, 11) is 0. The Labute approximate surface area is 160 Å². The van der Waals surface area contributed by atoms with Gasteiger partial charge in [0.25, 0.3) is 0 Å². The fraction of sp³-hybridized carbons (Fsp3) is 0.429. The molecule has 5 nitrogen and oxygen atoms in total. The monoisotopic (exact) mass is 370 g/mol. The van der Waals surface area contributed by atoms with Crippen LogP contribution in [0.2, 0.25) is 0 Å². The molecule has 1 aliphatic rings. The Morgan fingerprint density at radius 2 is 1.93 bits per heavy atom. The molecule has 1 aliphatic heterocycles. The summed E-state index contributed by atoms with van der Waals surface area (Å²) in [5, 5.41) is 3.26. The van der Waals surface area contributed by atoms with Gasteiger partial charge in [-0.15, -0.1) is 0 Å². The number of hydrogen-bond donors (Lipinski definition) is 1. The first kappa shape index (κ1) is 19.3. The Morgan fingerprint density at radius 3 is 2.48 bits per heavy atom. The molecule has 1 aromatic carbocycles. The smallest absolute Gasteiger partial charge is 0.244 e. The molecule has 27 heavy (non-hydrogen) atoms. The second kappa shape index (κ2) is 8.95. The number of nitrogens with zero attached hydrogens (tertiary/aromatic N) is 3. The topological polar surface area (TPSA) is 48.5 Å². The van der Waals surface area contributed by atoms with Gasteiger partial charge in [-0.05, 0) is 69.1 Å². The number of hydrogen-bond acceptors (Lipinski definition) is 4.